The number of rotatable bonds is 9. The molecule has 0 spiro atoms. The fourth-order valence-corrected chi connectivity index (χ4v) is 3.83. The number of benzene rings is 1. The van der Waals surface area contributed by atoms with E-state index in [-0.39, 0.29) is 24.4 Å². The molecule has 0 bridgehead atoms. The summed E-state index contributed by atoms with van der Waals surface area (Å²) >= 11 is 0. The second-order valence-corrected chi connectivity index (χ2v) is 8.99. The molecule has 1 amide bonds. The van der Waals surface area contributed by atoms with Gasteiger partial charge in [0.1, 0.15) is 5.60 Å². The van der Waals surface area contributed by atoms with Crippen LogP contribution in [0, 0.1) is 0 Å². The van der Waals surface area contributed by atoms with Crippen LogP contribution in [-0.2, 0) is 26.0 Å². The van der Waals surface area contributed by atoms with Crippen molar-refractivity contribution in [3.63, 3.8) is 0 Å². The van der Waals surface area contributed by atoms with E-state index >= 15 is 0 Å². The number of carboxylic acid groups (broad SMARTS) is 1. The molecule has 1 aromatic carbocycles. The number of carbonyl (C=O) groups excluding carboxylic acids is 1. The maximum Gasteiger partial charge on any atom is 0.407 e. The first-order valence-corrected chi connectivity index (χ1v) is 10.2. The summed E-state index contributed by atoms with van der Waals surface area (Å²) in [6.07, 6.45) is -0.156. The lowest BCUT2D eigenvalue weighted by atomic mass is 10.2. The summed E-state index contributed by atoms with van der Waals surface area (Å²) in [4.78, 5) is 22.5. The maximum absolute atomic E-state index is 12.8. The SMILES string of the molecule is CCCN(CCNC(=O)OC(C)(C)C)S(=O)(=O)c1ccc(CC(=O)O)cc1. The third-order valence-corrected chi connectivity index (χ3v) is 5.33. The fourth-order valence-electron chi connectivity index (χ4n) is 2.30. The van der Waals surface area contributed by atoms with E-state index in [2.05, 4.69) is 5.32 Å². The number of aliphatic carboxylic acids is 1. The third-order valence-electron chi connectivity index (χ3n) is 3.42. The number of carboxylic acids is 1. The smallest absolute Gasteiger partial charge is 0.407 e. The van der Waals surface area contributed by atoms with Crippen LogP contribution in [0.15, 0.2) is 29.2 Å². The molecule has 0 radical (unpaired) electrons. The largest absolute Gasteiger partial charge is 0.481 e. The first-order valence-electron chi connectivity index (χ1n) is 8.73. The van der Waals surface area contributed by atoms with Crippen LogP contribution < -0.4 is 5.32 Å². The van der Waals surface area contributed by atoms with Crippen molar-refractivity contribution in [3.8, 4) is 0 Å². The number of hydrogen-bond donors (Lipinski definition) is 2. The van der Waals surface area contributed by atoms with Crippen LogP contribution in [0.3, 0.4) is 0 Å². The Morgan fingerprint density at radius 1 is 1.15 bits per heavy atom. The van der Waals surface area contributed by atoms with Crippen LogP contribution in [0.2, 0.25) is 0 Å². The number of amides is 1. The molecular weight excluding hydrogens is 372 g/mol. The Bertz CT molecular complexity index is 738. The normalized spacial score (nSPS) is 12.0. The highest BCUT2D eigenvalue weighted by atomic mass is 32.2. The van der Waals surface area contributed by atoms with Crippen molar-refractivity contribution in [2.75, 3.05) is 19.6 Å². The van der Waals surface area contributed by atoms with Crippen LogP contribution in [0.4, 0.5) is 4.79 Å². The first-order chi connectivity index (χ1) is 12.5. The van der Waals surface area contributed by atoms with Crippen LogP contribution in [0.1, 0.15) is 39.7 Å². The monoisotopic (exact) mass is 400 g/mol. The number of ether oxygens (including phenoxy) is 1. The summed E-state index contributed by atoms with van der Waals surface area (Å²) in [5.74, 6) is -0.980. The molecule has 1 aromatic rings. The zero-order chi connectivity index (χ0) is 20.7. The van der Waals surface area contributed by atoms with E-state index in [1.165, 1.54) is 28.6 Å². The zero-order valence-corrected chi connectivity index (χ0v) is 17.0. The van der Waals surface area contributed by atoms with Gasteiger partial charge in [0.05, 0.1) is 11.3 Å². The molecule has 27 heavy (non-hydrogen) atoms. The topological polar surface area (TPSA) is 113 Å². The van der Waals surface area contributed by atoms with Gasteiger partial charge >= 0.3 is 12.1 Å². The molecule has 0 unspecified atom stereocenters. The molecule has 9 heteroatoms. The predicted molar refractivity (Wildman–Crippen MR) is 101 cm³/mol. The van der Waals surface area contributed by atoms with Crippen molar-refractivity contribution in [3.05, 3.63) is 29.8 Å². The van der Waals surface area contributed by atoms with Gasteiger partial charge in [0.15, 0.2) is 0 Å². The molecule has 0 saturated carbocycles. The number of nitrogens with zero attached hydrogens (tertiary/aromatic N) is 1. The average Bonchev–Trinajstić information content (AvgIpc) is 2.52. The van der Waals surface area contributed by atoms with Crippen LogP contribution >= 0.6 is 0 Å². The molecule has 0 aromatic heterocycles. The van der Waals surface area contributed by atoms with E-state index in [9.17, 15) is 18.0 Å². The summed E-state index contributed by atoms with van der Waals surface area (Å²) in [6, 6.07) is 5.78. The second kappa shape index (κ2) is 9.70. The van der Waals surface area contributed by atoms with E-state index in [0.29, 0.717) is 18.5 Å². The number of sulfonamides is 1. The van der Waals surface area contributed by atoms with Gasteiger partial charge in [-0.3, -0.25) is 4.79 Å². The van der Waals surface area contributed by atoms with Gasteiger partial charge in [0.2, 0.25) is 10.0 Å². The van der Waals surface area contributed by atoms with E-state index in [0.717, 1.165) is 0 Å². The second-order valence-electron chi connectivity index (χ2n) is 7.05. The highest BCUT2D eigenvalue weighted by Crippen LogP contribution is 2.17. The van der Waals surface area contributed by atoms with Crippen molar-refractivity contribution >= 4 is 22.1 Å². The minimum absolute atomic E-state index is 0.0855. The Kier molecular flexibility index (Phi) is 8.23. The molecule has 0 heterocycles. The van der Waals surface area contributed by atoms with E-state index in [4.69, 9.17) is 9.84 Å². The molecule has 1 rings (SSSR count). The quantitative estimate of drug-likeness (QED) is 0.657. The summed E-state index contributed by atoms with van der Waals surface area (Å²) in [5, 5.41) is 11.3. The summed E-state index contributed by atoms with van der Waals surface area (Å²) in [5.41, 5.74) is -0.105. The summed E-state index contributed by atoms with van der Waals surface area (Å²) in [7, 11) is -3.75. The van der Waals surface area contributed by atoms with Gasteiger partial charge in [-0.1, -0.05) is 19.1 Å². The van der Waals surface area contributed by atoms with Crippen LogP contribution in [-0.4, -0.2) is 55.1 Å². The van der Waals surface area contributed by atoms with Gasteiger partial charge in [-0.05, 0) is 44.9 Å². The van der Waals surface area contributed by atoms with E-state index < -0.39 is 27.7 Å². The Hall–Kier alpha value is -2.13. The zero-order valence-electron chi connectivity index (χ0n) is 16.2. The predicted octanol–water partition coefficient (Wildman–Crippen LogP) is 2.24. The van der Waals surface area contributed by atoms with Crippen molar-refractivity contribution in [2.45, 2.75) is 51.0 Å². The first kappa shape index (κ1) is 22.9. The van der Waals surface area contributed by atoms with Gasteiger partial charge in [0.25, 0.3) is 0 Å². The van der Waals surface area contributed by atoms with E-state index in [1.54, 1.807) is 20.8 Å². The van der Waals surface area contributed by atoms with Crippen LogP contribution in [0.25, 0.3) is 0 Å². The molecule has 2 N–H and O–H groups in total. The molecule has 0 aliphatic rings. The summed E-state index contributed by atoms with van der Waals surface area (Å²) < 4.78 is 32.1. The molecule has 0 saturated heterocycles. The molecule has 152 valence electrons. The van der Waals surface area contributed by atoms with Gasteiger partial charge in [-0.15, -0.1) is 0 Å². The molecule has 8 nitrogen and oxygen atoms in total. The minimum atomic E-state index is -3.75. The van der Waals surface area contributed by atoms with Crippen molar-refractivity contribution < 1.29 is 27.9 Å². The molecular formula is C18H28N2O6S. The highest BCUT2D eigenvalue weighted by molar-refractivity contribution is 7.89. The number of carbonyl (C=O) groups is 2. The lowest BCUT2D eigenvalue weighted by molar-refractivity contribution is -0.136. The van der Waals surface area contributed by atoms with Crippen LogP contribution in [0.5, 0.6) is 0 Å². The fraction of sp³-hybridized carbons (Fsp3) is 0.556. The molecule has 0 fully saturated rings. The third kappa shape index (κ3) is 7.96. The van der Waals surface area contributed by atoms with Crippen molar-refractivity contribution in [2.24, 2.45) is 0 Å². The Morgan fingerprint density at radius 2 is 1.74 bits per heavy atom. The number of hydrogen-bond acceptors (Lipinski definition) is 5. The maximum atomic E-state index is 12.8. The lowest BCUT2D eigenvalue weighted by Crippen LogP contribution is -2.40. The average molecular weight is 400 g/mol. The van der Waals surface area contributed by atoms with Gasteiger partial charge in [-0.25, -0.2) is 13.2 Å². The number of nitrogens with one attached hydrogen (secondary N) is 1. The van der Waals surface area contributed by atoms with Crippen molar-refractivity contribution in [1.82, 2.24) is 9.62 Å². The van der Waals surface area contributed by atoms with Gasteiger partial charge < -0.3 is 15.2 Å². The van der Waals surface area contributed by atoms with Gasteiger partial charge in [0, 0.05) is 19.6 Å². The highest BCUT2D eigenvalue weighted by Gasteiger charge is 2.24. The Morgan fingerprint density at radius 3 is 2.22 bits per heavy atom. The molecule has 0 aliphatic carbocycles. The molecule has 0 atom stereocenters. The standard InChI is InChI=1S/C18H28N2O6S/c1-5-11-20(12-10-19-17(23)26-18(2,3)4)27(24,25)15-8-6-14(7-9-15)13-16(21)22/h6-9H,5,10-13H2,1-4H3,(H,19,23)(H,21,22). The Balaban J connectivity index is 2.79. The summed E-state index contributed by atoms with van der Waals surface area (Å²) in [6.45, 7) is 7.61. The van der Waals surface area contributed by atoms with Gasteiger partial charge in [-0.2, -0.15) is 4.31 Å². The van der Waals surface area contributed by atoms with Crippen molar-refractivity contribution in [1.29, 1.82) is 0 Å². The number of alkyl carbamates (subject to hydrolysis) is 1. The lowest BCUT2D eigenvalue weighted by Gasteiger charge is -2.23. The van der Waals surface area contributed by atoms with E-state index in [1.807, 2.05) is 6.92 Å². The minimum Gasteiger partial charge on any atom is -0.481 e. The molecule has 0 aliphatic heterocycles. The Labute approximate surface area is 160 Å².